The molecular weight excluding hydrogens is 424 g/mol. The van der Waals surface area contributed by atoms with E-state index in [0.717, 1.165) is 30.3 Å². The molecule has 1 N–H and O–H groups in total. The molecule has 164 valence electrons. The van der Waals surface area contributed by atoms with E-state index in [1.54, 1.807) is 29.2 Å². The zero-order valence-corrected chi connectivity index (χ0v) is 18.5. The fourth-order valence-corrected chi connectivity index (χ4v) is 4.74. The van der Waals surface area contributed by atoms with Crippen LogP contribution in [0.4, 0.5) is 11.6 Å². The maximum absolute atomic E-state index is 13.4. The number of benzene rings is 2. The van der Waals surface area contributed by atoms with Crippen molar-refractivity contribution in [1.82, 2.24) is 9.55 Å². The van der Waals surface area contributed by atoms with Gasteiger partial charge in [0.2, 0.25) is 11.9 Å². The van der Waals surface area contributed by atoms with Crippen LogP contribution in [-0.2, 0) is 9.59 Å². The van der Waals surface area contributed by atoms with Crippen molar-refractivity contribution in [1.29, 1.82) is 0 Å². The highest BCUT2D eigenvalue weighted by Crippen LogP contribution is 2.37. The van der Waals surface area contributed by atoms with Gasteiger partial charge in [-0.1, -0.05) is 35.4 Å². The number of hydrogen-bond donors (Lipinski definition) is 1. The van der Waals surface area contributed by atoms with Crippen LogP contribution in [0, 0.1) is 0 Å². The van der Waals surface area contributed by atoms with Crippen molar-refractivity contribution < 1.29 is 9.59 Å². The summed E-state index contributed by atoms with van der Waals surface area (Å²) in [6.45, 7) is 0.587. The van der Waals surface area contributed by atoms with Gasteiger partial charge in [-0.2, -0.15) is 0 Å². The van der Waals surface area contributed by atoms with Gasteiger partial charge in [0.1, 0.15) is 6.04 Å². The zero-order valence-electron chi connectivity index (χ0n) is 17.8. The zero-order chi connectivity index (χ0) is 22.1. The van der Waals surface area contributed by atoms with Gasteiger partial charge < -0.3 is 5.32 Å². The summed E-state index contributed by atoms with van der Waals surface area (Å²) in [5.41, 5.74) is 3.77. The molecule has 1 aliphatic carbocycles. The van der Waals surface area contributed by atoms with Crippen LogP contribution >= 0.6 is 11.6 Å². The van der Waals surface area contributed by atoms with Crippen LogP contribution in [0.1, 0.15) is 44.6 Å². The van der Waals surface area contributed by atoms with Crippen LogP contribution in [-0.4, -0.2) is 27.9 Å². The second-order valence-corrected chi connectivity index (χ2v) is 8.83. The van der Waals surface area contributed by atoms with Crippen LogP contribution in [0.3, 0.4) is 0 Å². The molecule has 0 radical (unpaired) electrons. The van der Waals surface area contributed by atoms with Gasteiger partial charge in [0.25, 0.3) is 5.91 Å². The van der Waals surface area contributed by atoms with Gasteiger partial charge in [0.15, 0.2) is 0 Å². The predicted molar refractivity (Wildman–Crippen MR) is 127 cm³/mol. The smallest absolute Gasteiger partial charge is 0.253 e. The number of anilines is 2. The first-order valence-electron chi connectivity index (χ1n) is 11.1. The molecular formula is C25H25ClN4O2. The maximum Gasteiger partial charge on any atom is 0.253 e. The summed E-state index contributed by atoms with van der Waals surface area (Å²) in [5.74, 6) is 0.351. The fourth-order valence-electron chi connectivity index (χ4n) is 4.62. The van der Waals surface area contributed by atoms with Crippen LogP contribution in [0.25, 0.3) is 11.0 Å². The first-order chi connectivity index (χ1) is 15.6. The topological polar surface area (TPSA) is 67.2 Å². The molecule has 2 aliphatic rings. The molecule has 7 heteroatoms. The Bertz CT molecular complexity index is 1200. The first kappa shape index (κ1) is 20.8. The van der Waals surface area contributed by atoms with E-state index < -0.39 is 6.04 Å². The minimum absolute atomic E-state index is 0.0496. The van der Waals surface area contributed by atoms with E-state index >= 15 is 0 Å². The summed E-state index contributed by atoms with van der Waals surface area (Å²) in [6.07, 6.45) is 7.88. The molecule has 2 amide bonds. The SMILES string of the molecule is O=C(CC1C(=O)N(CCC2=CCCCC2)c2nc3ccccc3n21)Nc1ccc(Cl)cc1. The third-order valence-corrected chi connectivity index (χ3v) is 6.48. The van der Waals surface area contributed by atoms with Gasteiger partial charge in [-0.25, -0.2) is 4.98 Å². The average Bonchev–Trinajstić information content (AvgIpc) is 3.29. The standard InChI is InChI=1S/C25H25ClN4O2/c26-18-10-12-19(13-11-18)27-23(31)16-22-24(32)29(15-14-17-6-2-1-3-7-17)25-28-20-8-4-5-9-21(20)30(22)25/h4-6,8-13,22H,1-3,7,14-16H2,(H,27,31). The van der Waals surface area contributed by atoms with Gasteiger partial charge >= 0.3 is 0 Å². The van der Waals surface area contributed by atoms with Crippen molar-refractivity contribution >= 4 is 46.1 Å². The number of hydrogen-bond acceptors (Lipinski definition) is 3. The third-order valence-electron chi connectivity index (χ3n) is 6.23. The van der Waals surface area contributed by atoms with Crippen molar-refractivity contribution in [3.63, 3.8) is 0 Å². The van der Waals surface area contributed by atoms with E-state index in [9.17, 15) is 9.59 Å². The summed E-state index contributed by atoms with van der Waals surface area (Å²) in [6, 6.07) is 14.1. The monoisotopic (exact) mass is 448 g/mol. The number of carbonyl (C=O) groups excluding carboxylic acids is 2. The van der Waals surface area contributed by atoms with Crippen LogP contribution in [0.15, 0.2) is 60.2 Å². The lowest BCUT2D eigenvalue weighted by molar-refractivity contribution is -0.124. The second kappa shape index (κ2) is 8.79. The fraction of sp³-hybridized carbons (Fsp3) is 0.320. The lowest BCUT2D eigenvalue weighted by atomic mass is 9.97. The summed E-state index contributed by atoms with van der Waals surface area (Å²) in [4.78, 5) is 32.7. The molecule has 1 unspecified atom stereocenters. The molecule has 0 spiro atoms. The molecule has 0 saturated heterocycles. The number of rotatable bonds is 6. The Hall–Kier alpha value is -3.12. The number of aromatic nitrogens is 2. The van der Waals surface area contributed by atoms with Gasteiger partial charge in [0.05, 0.1) is 17.5 Å². The molecule has 0 bridgehead atoms. The van der Waals surface area contributed by atoms with E-state index in [1.807, 2.05) is 28.8 Å². The van der Waals surface area contributed by atoms with Crippen LogP contribution in [0.5, 0.6) is 0 Å². The van der Waals surface area contributed by atoms with Crippen LogP contribution < -0.4 is 10.2 Å². The molecule has 2 heterocycles. The lowest BCUT2D eigenvalue weighted by Crippen LogP contribution is -2.32. The minimum Gasteiger partial charge on any atom is -0.326 e. The van der Waals surface area contributed by atoms with E-state index in [-0.39, 0.29) is 18.2 Å². The highest BCUT2D eigenvalue weighted by atomic mass is 35.5. The normalized spacial score (nSPS) is 18.0. The molecule has 1 aromatic heterocycles. The van der Waals surface area contributed by atoms with Crippen molar-refractivity contribution in [2.24, 2.45) is 0 Å². The summed E-state index contributed by atoms with van der Waals surface area (Å²) in [5, 5.41) is 3.48. The molecule has 2 aromatic carbocycles. The number of nitrogens with one attached hydrogen (secondary N) is 1. The minimum atomic E-state index is -0.606. The first-order valence-corrected chi connectivity index (χ1v) is 11.5. The van der Waals surface area contributed by atoms with Crippen molar-refractivity contribution in [2.45, 2.75) is 44.6 Å². The number of amides is 2. The average molecular weight is 449 g/mol. The summed E-state index contributed by atoms with van der Waals surface area (Å²) in [7, 11) is 0. The Morgan fingerprint density at radius 1 is 1.12 bits per heavy atom. The molecule has 0 fully saturated rings. The van der Waals surface area contributed by atoms with Crippen molar-refractivity contribution in [3.8, 4) is 0 Å². The lowest BCUT2D eigenvalue weighted by Gasteiger charge is -2.18. The van der Waals surface area contributed by atoms with E-state index in [4.69, 9.17) is 16.6 Å². The predicted octanol–water partition coefficient (Wildman–Crippen LogP) is 5.50. The molecule has 3 aromatic rings. The largest absolute Gasteiger partial charge is 0.326 e. The molecule has 5 rings (SSSR count). The summed E-state index contributed by atoms with van der Waals surface area (Å²) >= 11 is 5.93. The Kier molecular flexibility index (Phi) is 5.70. The number of carbonyl (C=O) groups is 2. The Morgan fingerprint density at radius 3 is 2.72 bits per heavy atom. The van der Waals surface area contributed by atoms with Gasteiger partial charge in [-0.05, 0) is 68.5 Å². The number of halogens is 1. The number of nitrogens with zero attached hydrogens (tertiary/aromatic N) is 3. The Morgan fingerprint density at radius 2 is 1.94 bits per heavy atom. The van der Waals surface area contributed by atoms with Gasteiger partial charge in [0, 0.05) is 17.3 Å². The second-order valence-electron chi connectivity index (χ2n) is 8.39. The van der Waals surface area contributed by atoms with Gasteiger partial charge in [-0.15, -0.1) is 0 Å². The molecule has 1 atom stereocenters. The number of fused-ring (bicyclic) bond motifs is 3. The molecule has 6 nitrogen and oxygen atoms in total. The molecule has 1 aliphatic heterocycles. The highest BCUT2D eigenvalue weighted by molar-refractivity contribution is 6.30. The van der Waals surface area contributed by atoms with Crippen molar-refractivity contribution in [3.05, 3.63) is 65.2 Å². The van der Waals surface area contributed by atoms with E-state index in [1.165, 1.54) is 18.4 Å². The maximum atomic E-state index is 13.4. The summed E-state index contributed by atoms with van der Waals surface area (Å²) < 4.78 is 1.92. The van der Waals surface area contributed by atoms with E-state index in [2.05, 4.69) is 11.4 Å². The van der Waals surface area contributed by atoms with Crippen molar-refractivity contribution in [2.75, 3.05) is 16.8 Å². The van der Waals surface area contributed by atoms with Crippen LogP contribution in [0.2, 0.25) is 5.02 Å². The highest BCUT2D eigenvalue weighted by Gasteiger charge is 2.40. The Labute approximate surface area is 191 Å². The third kappa shape index (κ3) is 4.02. The number of allylic oxidation sites excluding steroid dienone is 1. The number of para-hydroxylation sites is 2. The van der Waals surface area contributed by atoms with E-state index in [0.29, 0.717) is 23.2 Å². The molecule has 32 heavy (non-hydrogen) atoms. The Balaban J connectivity index is 1.40. The van der Waals surface area contributed by atoms with Gasteiger partial charge in [-0.3, -0.25) is 19.1 Å². The quantitative estimate of drug-likeness (QED) is 0.506. The molecule has 0 saturated carbocycles. The number of imidazole rings is 1.